The van der Waals surface area contributed by atoms with E-state index in [0.717, 1.165) is 35.1 Å². The van der Waals surface area contributed by atoms with Gasteiger partial charge in [-0.25, -0.2) is 4.98 Å². The topological polar surface area (TPSA) is 59.8 Å². The number of benzene rings is 1. The van der Waals surface area contributed by atoms with Crippen LogP contribution in [0.15, 0.2) is 36.5 Å². The van der Waals surface area contributed by atoms with Gasteiger partial charge >= 0.3 is 0 Å². The van der Waals surface area contributed by atoms with Crippen LogP contribution in [0.5, 0.6) is 0 Å². The van der Waals surface area contributed by atoms with Crippen LogP contribution in [0.1, 0.15) is 24.1 Å². The zero-order valence-corrected chi connectivity index (χ0v) is 14.3. The van der Waals surface area contributed by atoms with Gasteiger partial charge in [-0.3, -0.25) is 9.48 Å². The number of amides is 1. The number of carbonyl (C=O) groups is 1. The number of nitrogens with zero attached hydrogens (tertiary/aromatic N) is 3. The molecule has 1 amide bonds. The molecule has 0 bridgehead atoms. The van der Waals surface area contributed by atoms with Crippen molar-refractivity contribution in [3.8, 4) is 0 Å². The summed E-state index contributed by atoms with van der Waals surface area (Å²) in [6, 6.07) is 9.47. The van der Waals surface area contributed by atoms with E-state index in [4.69, 9.17) is 11.6 Å². The van der Waals surface area contributed by atoms with Crippen LogP contribution in [0.3, 0.4) is 0 Å². The van der Waals surface area contributed by atoms with Crippen molar-refractivity contribution in [2.24, 2.45) is 7.05 Å². The van der Waals surface area contributed by atoms with Crippen LogP contribution in [-0.2, 0) is 17.3 Å². The molecule has 1 aromatic carbocycles. The van der Waals surface area contributed by atoms with Crippen molar-refractivity contribution in [1.82, 2.24) is 14.8 Å². The Morgan fingerprint density at radius 2 is 2.12 bits per heavy atom. The quantitative estimate of drug-likeness (QED) is 0.792. The first-order valence-electron chi connectivity index (χ1n) is 7.86. The van der Waals surface area contributed by atoms with Crippen LogP contribution in [0, 0.1) is 6.92 Å². The molecule has 4 rings (SSSR count). The molecular formula is C18H17ClN4O. The third kappa shape index (κ3) is 2.36. The van der Waals surface area contributed by atoms with Gasteiger partial charge in [-0.05, 0) is 43.5 Å². The van der Waals surface area contributed by atoms with E-state index in [2.05, 4.69) is 15.4 Å². The minimum atomic E-state index is -0.468. The number of carbonyl (C=O) groups excluding carboxylic acids is 1. The van der Waals surface area contributed by atoms with Gasteiger partial charge in [-0.2, -0.15) is 5.10 Å². The lowest BCUT2D eigenvalue weighted by atomic mass is 9.95. The Balaban J connectivity index is 1.63. The Bertz CT molecular complexity index is 959. The monoisotopic (exact) mass is 340 g/mol. The molecule has 0 atom stereocenters. The third-order valence-corrected chi connectivity index (χ3v) is 4.92. The maximum atomic E-state index is 12.8. The number of halogens is 1. The zero-order valence-electron chi connectivity index (χ0n) is 13.5. The fourth-order valence-electron chi connectivity index (χ4n) is 3.18. The molecule has 24 heavy (non-hydrogen) atoms. The van der Waals surface area contributed by atoms with E-state index in [1.54, 1.807) is 10.9 Å². The molecule has 1 aliphatic carbocycles. The summed E-state index contributed by atoms with van der Waals surface area (Å²) in [6.07, 6.45) is 3.34. The zero-order chi connectivity index (χ0) is 16.9. The van der Waals surface area contributed by atoms with Gasteiger partial charge in [0.1, 0.15) is 0 Å². The van der Waals surface area contributed by atoms with Gasteiger partial charge in [0.2, 0.25) is 5.91 Å². The molecule has 0 saturated heterocycles. The average molecular weight is 341 g/mol. The number of hydrogen-bond acceptors (Lipinski definition) is 3. The van der Waals surface area contributed by atoms with Crippen LogP contribution >= 0.6 is 11.6 Å². The van der Waals surface area contributed by atoms with Gasteiger partial charge in [0.05, 0.1) is 23.0 Å². The molecule has 0 unspecified atom stereocenters. The molecule has 3 aromatic rings. The highest BCUT2D eigenvalue weighted by molar-refractivity contribution is 6.30. The maximum Gasteiger partial charge on any atom is 0.235 e. The third-order valence-electron chi connectivity index (χ3n) is 4.68. The summed E-state index contributed by atoms with van der Waals surface area (Å²) in [4.78, 5) is 17.2. The molecule has 1 fully saturated rings. The first-order chi connectivity index (χ1) is 11.5. The summed E-state index contributed by atoms with van der Waals surface area (Å²) in [7, 11) is 1.86. The highest BCUT2D eigenvalue weighted by Crippen LogP contribution is 2.49. The second-order valence-electron chi connectivity index (χ2n) is 6.35. The van der Waals surface area contributed by atoms with E-state index < -0.39 is 5.41 Å². The highest BCUT2D eigenvalue weighted by Gasteiger charge is 2.51. The molecule has 2 heterocycles. The molecule has 1 N–H and O–H groups in total. The molecule has 6 heteroatoms. The molecule has 0 spiro atoms. The van der Waals surface area contributed by atoms with Crippen molar-refractivity contribution in [2.45, 2.75) is 25.2 Å². The number of aromatic nitrogens is 3. The van der Waals surface area contributed by atoms with Crippen molar-refractivity contribution in [2.75, 3.05) is 5.32 Å². The largest absolute Gasteiger partial charge is 0.324 e. The van der Waals surface area contributed by atoms with Crippen LogP contribution in [0.2, 0.25) is 5.02 Å². The minimum Gasteiger partial charge on any atom is -0.324 e. The molecule has 1 aliphatic rings. The van der Waals surface area contributed by atoms with Crippen LogP contribution in [0.4, 0.5) is 5.69 Å². The predicted octanol–water partition coefficient (Wildman–Crippen LogP) is 3.60. The predicted molar refractivity (Wildman–Crippen MR) is 94.2 cm³/mol. The normalized spacial score (nSPS) is 15.5. The summed E-state index contributed by atoms with van der Waals surface area (Å²) in [5, 5.41) is 8.97. The fraction of sp³-hybridized carbons (Fsp3) is 0.278. The van der Waals surface area contributed by atoms with E-state index in [-0.39, 0.29) is 5.91 Å². The van der Waals surface area contributed by atoms with Crippen molar-refractivity contribution >= 4 is 34.2 Å². The molecule has 5 nitrogen and oxygen atoms in total. The molecule has 1 saturated carbocycles. The Labute approximate surface area is 144 Å². The highest BCUT2D eigenvalue weighted by atomic mass is 35.5. The number of fused-ring (bicyclic) bond motifs is 1. The second-order valence-corrected chi connectivity index (χ2v) is 6.79. The number of nitrogens with one attached hydrogen (secondary N) is 1. The average Bonchev–Trinajstić information content (AvgIpc) is 3.31. The Morgan fingerprint density at radius 1 is 1.33 bits per heavy atom. The summed E-state index contributed by atoms with van der Waals surface area (Å²) < 4.78 is 1.74. The molecule has 122 valence electrons. The first kappa shape index (κ1) is 15.1. The Hall–Kier alpha value is -2.40. The van der Waals surface area contributed by atoms with E-state index in [0.29, 0.717) is 10.7 Å². The van der Waals surface area contributed by atoms with Gasteiger partial charge in [0, 0.05) is 17.5 Å². The number of aryl methyl sites for hydroxylation is 2. The summed E-state index contributed by atoms with van der Waals surface area (Å²) in [5.41, 5.74) is 2.90. The lowest BCUT2D eigenvalue weighted by Gasteiger charge is -2.16. The number of pyridine rings is 1. The van der Waals surface area contributed by atoms with E-state index in [1.165, 1.54) is 0 Å². The minimum absolute atomic E-state index is 0.00698. The first-order valence-corrected chi connectivity index (χ1v) is 8.24. The second kappa shape index (κ2) is 5.31. The smallest absolute Gasteiger partial charge is 0.235 e. The van der Waals surface area contributed by atoms with Crippen molar-refractivity contribution in [1.29, 1.82) is 0 Å². The van der Waals surface area contributed by atoms with Crippen LogP contribution in [-0.4, -0.2) is 20.7 Å². The molecule has 2 aromatic heterocycles. The van der Waals surface area contributed by atoms with Gasteiger partial charge < -0.3 is 5.32 Å². The van der Waals surface area contributed by atoms with Gasteiger partial charge in [0.25, 0.3) is 0 Å². The van der Waals surface area contributed by atoms with Crippen molar-refractivity contribution in [3.63, 3.8) is 0 Å². The molecule has 0 radical (unpaired) electrons. The SMILES string of the molecule is Cc1nn(C)c2ncc(NC(=O)C3(c4cccc(Cl)c4)CC3)cc12. The fourth-order valence-corrected chi connectivity index (χ4v) is 3.38. The summed E-state index contributed by atoms with van der Waals surface area (Å²) in [6.45, 7) is 1.93. The Kier molecular flexibility index (Phi) is 3.35. The summed E-state index contributed by atoms with van der Waals surface area (Å²) >= 11 is 6.08. The summed E-state index contributed by atoms with van der Waals surface area (Å²) in [5.74, 6) is -0.00698. The lowest BCUT2D eigenvalue weighted by molar-refractivity contribution is -0.118. The van der Waals surface area contributed by atoms with Crippen molar-refractivity contribution in [3.05, 3.63) is 52.8 Å². The van der Waals surface area contributed by atoms with Gasteiger partial charge in [-0.15, -0.1) is 0 Å². The van der Waals surface area contributed by atoms with Crippen molar-refractivity contribution < 1.29 is 4.79 Å². The standard InChI is InChI=1S/C18H17ClN4O/c1-11-15-9-14(10-20-16(15)23(2)22-11)21-17(24)18(6-7-18)12-4-3-5-13(19)8-12/h3-5,8-10H,6-7H2,1-2H3,(H,21,24). The van der Waals surface area contributed by atoms with E-state index in [9.17, 15) is 4.79 Å². The van der Waals surface area contributed by atoms with Gasteiger partial charge in [-0.1, -0.05) is 23.7 Å². The van der Waals surface area contributed by atoms with E-state index in [1.807, 2.05) is 44.3 Å². The van der Waals surface area contributed by atoms with Crippen LogP contribution in [0.25, 0.3) is 11.0 Å². The number of hydrogen-bond donors (Lipinski definition) is 1. The van der Waals surface area contributed by atoms with Crippen LogP contribution < -0.4 is 5.32 Å². The van der Waals surface area contributed by atoms with E-state index >= 15 is 0 Å². The lowest BCUT2D eigenvalue weighted by Crippen LogP contribution is -2.27. The Morgan fingerprint density at radius 3 is 2.83 bits per heavy atom. The molecular weight excluding hydrogens is 324 g/mol. The van der Waals surface area contributed by atoms with Gasteiger partial charge in [0.15, 0.2) is 5.65 Å². The number of anilines is 1. The number of rotatable bonds is 3. The molecule has 0 aliphatic heterocycles. The maximum absolute atomic E-state index is 12.8.